The molecule has 0 rings (SSSR count). The number of carbonyl (C=O) groups excluding carboxylic acids is 4. The average molecular weight is 482 g/mol. The Kier molecular flexibility index (Phi) is 13.9. The van der Waals surface area contributed by atoms with Crippen LogP contribution in [-0.2, 0) is 24.0 Å². The van der Waals surface area contributed by atoms with Gasteiger partial charge in [-0.2, -0.15) is 24.4 Å². The fourth-order valence-electron chi connectivity index (χ4n) is 2.31. The molecule has 5 atom stereocenters. The van der Waals surface area contributed by atoms with Gasteiger partial charge in [-0.3, -0.25) is 19.2 Å². The first-order valence-corrected chi connectivity index (χ1v) is 11.4. The largest absolute Gasteiger partial charge is 0.480 e. The van der Waals surface area contributed by atoms with Crippen molar-refractivity contribution >= 4 is 54.0 Å². The first-order valence-electron chi connectivity index (χ1n) is 9.40. The number of amides is 4. The Morgan fingerprint density at radius 2 is 1.58 bits per heavy atom. The summed E-state index contributed by atoms with van der Waals surface area (Å²) >= 11 is 5.48. The number of hydrogen-bond donors (Lipinski definition) is 8. The number of aliphatic hydroxyl groups is 1. The van der Waals surface area contributed by atoms with E-state index >= 15 is 0 Å². The summed E-state index contributed by atoms with van der Waals surface area (Å²) in [4.78, 5) is 59.2. The van der Waals surface area contributed by atoms with Crippen molar-refractivity contribution in [1.82, 2.24) is 16.0 Å². The summed E-state index contributed by atoms with van der Waals surface area (Å²) in [7, 11) is 0. The minimum Gasteiger partial charge on any atom is -0.480 e. The fourth-order valence-corrected chi connectivity index (χ4v) is 3.06. The van der Waals surface area contributed by atoms with E-state index in [4.69, 9.17) is 11.5 Å². The topological polar surface area (TPSA) is 214 Å². The number of thioether (sulfide) groups is 1. The van der Waals surface area contributed by atoms with Crippen LogP contribution in [0.4, 0.5) is 0 Å². The molecule has 5 unspecified atom stereocenters. The van der Waals surface area contributed by atoms with Crippen molar-refractivity contribution in [3.63, 3.8) is 0 Å². The molecule has 0 heterocycles. The molecule has 4 amide bonds. The van der Waals surface area contributed by atoms with Crippen molar-refractivity contribution in [3.05, 3.63) is 0 Å². The highest BCUT2D eigenvalue weighted by Crippen LogP contribution is 2.03. The van der Waals surface area contributed by atoms with Gasteiger partial charge in [-0.25, -0.2) is 4.79 Å². The van der Waals surface area contributed by atoms with Gasteiger partial charge in [-0.1, -0.05) is 0 Å². The van der Waals surface area contributed by atoms with Gasteiger partial charge in [0, 0.05) is 12.2 Å². The van der Waals surface area contributed by atoms with Crippen molar-refractivity contribution in [2.45, 2.75) is 56.5 Å². The highest BCUT2D eigenvalue weighted by Gasteiger charge is 2.31. The van der Waals surface area contributed by atoms with Crippen LogP contribution < -0.4 is 27.4 Å². The summed E-state index contributed by atoms with van der Waals surface area (Å²) in [6.45, 7) is 1.28. The lowest BCUT2D eigenvalue weighted by atomic mass is 10.1. The van der Waals surface area contributed by atoms with E-state index in [0.29, 0.717) is 12.2 Å². The third kappa shape index (κ3) is 11.2. The Morgan fingerprint density at radius 1 is 1.00 bits per heavy atom. The number of aliphatic hydroxyl groups excluding tert-OH is 1. The third-order valence-corrected chi connectivity index (χ3v) is 5.15. The van der Waals surface area contributed by atoms with Crippen LogP contribution in [0.1, 0.15) is 26.2 Å². The van der Waals surface area contributed by atoms with Gasteiger partial charge < -0.3 is 37.6 Å². The molecule has 0 aromatic heterocycles. The molecule has 0 aliphatic heterocycles. The van der Waals surface area contributed by atoms with Crippen LogP contribution in [0.3, 0.4) is 0 Å². The van der Waals surface area contributed by atoms with Crippen molar-refractivity contribution in [2.75, 3.05) is 17.8 Å². The molecule has 0 bridgehead atoms. The van der Waals surface area contributed by atoms with E-state index in [1.54, 1.807) is 0 Å². The maximum absolute atomic E-state index is 12.5. The summed E-state index contributed by atoms with van der Waals surface area (Å²) in [6, 6.07) is -4.95. The maximum Gasteiger partial charge on any atom is 0.326 e. The molecule has 0 aliphatic rings. The summed E-state index contributed by atoms with van der Waals surface area (Å²) in [6.07, 6.45) is 0.418. The Balaban J connectivity index is 5.11. The van der Waals surface area contributed by atoms with Crippen LogP contribution in [0.15, 0.2) is 0 Å². The smallest absolute Gasteiger partial charge is 0.326 e. The zero-order valence-corrected chi connectivity index (χ0v) is 19.1. The highest BCUT2D eigenvalue weighted by molar-refractivity contribution is 7.98. The average Bonchev–Trinajstić information content (AvgIpc) is 2.69. The van der Waals surface area contributed by atoms with E-state index in [0.717, 1.165) is 0 Å². The minimum absolute atomic E-state index is 0.201. The Bertz CT molecular complexity index is 650. The molecule has 0 saturated heterocycles. The van der Waals surface area contributed by atoms with E-state index in [2.05, 4.69) is 28.6 Å². The molecule has 14 heteroatoms. The predicted octanol–water partition coefficient (Wildman–Crippen LogP) is -2.82. The standard InChI is InChI=1S/C17H31N5O7S2/c1-8(23)13(22-14(25)9(18)5-6-31-2)16(27)21-11(7-30)15(26)20-10(17(28)29)3-4-12(19)24/h8-11,13,23,30H,3-7,18H2,1-2H3,(H2,19,24)(H,20,26)(H,21,27)(H,22,25)(H,28,29). The lowest BCUT2D eigenvalue weighted by Crippen LogP contribution is -2.60. The molecule has 0 fully saturated rings. The number of nitrogens with two attached hydrogens (primary N) is 2. The number of rotatable bonds is 15. The fraction of sp³-hybridized carbons (Fsp3) is 0.706. The highest BCUT2D eigenvalue weighted by atomic mass is 32.2. The number of primary amides is 1. The number of nitrogens with one attached hydrogen (secondary N) is 3. The normalized spacial score (nSPS) is 15.6. The second kappa shape index (κ2) is 14.9. The molecule has 12 nitrogen and oxygen atoms in total. The third-order valence-electron chi connectivity index (χ3n) is 4.14. The number of hydrogen-bond acceptors (Lipinski definition) is 9. The van der Waals surface area contributed by atoms with E-state index in [9.17, 15) is 34.2 Å². The zero-order valence-electron chi connectivity index (χ0n) is 17.4. The van der Waals surface area contributed by atoms with Crippen LogP contribution in [0.25, 0.3) is 0 Å². The minimum atomic E-state index is -1.40. The molecule has 178 valence electrons. The van der Waals surface area contributed by atoms with Gasteiger partial charge >= 0.3 is 5.97 Å². The van der Waals surface area contributed by atoms with Crippen molar-refractivity contribution in [3.8, 4) is 0 Å². The molecule has 0 radical (unpaired) electrons. The Hall–Kier alpha value is -2.03. The second-order valence-electron chi connectivity index (χ2n) is 6.76. The Morgan fingerprint density at radius 3 is 2.03 bits per heavy atom. The number of carbonyl (C=O) groups is 5. The lowest BCUT2D eigenvalue weighted by Gasteiger charge is -2.25. The van der Waals surface area contributed by atoms with Gasteiger partial charge in [0.1, 0.15) is 18.1 Å². The first kappa shape index (κ1) is 29.0. The van der Waals surface area contributed by atoms with Crippen molar-refractivity contribution < 1.29 is 34.2 Å². The predicted molar refractivity (Wildman–Crippen MR) is 118 cm³/mol. The van der Waals surface area contributed by atoms with Gasteiger partial charge in [-0.05, 0) is 31.8 Å². The monoisotopic (exact) mass is 481 g/mol. The molecular weight excluding hydrogens is 450 g/mol. The molecule has 0 aromatic carbocycles. The van der Waals surface area contributed by atoms with Crippen LogP contribution in [-0.4, -0.2) is 87.8 Å². The number of carboxylic acid groups (broad SMARTS) is 1. The van der Waals surface area contributed by atoms with Gasteiger partial charge in [-0.15, -0.1) is 0 Å². The summed E-state index contributed by atoms with van der Waals surface area (Å²) in [5.74, 6) is -4.07. The van der Waals surface area contributed by atoms with Gasteiger partial charge in [0.25, 0.3) is 0 Å². The quantitative estimate of drug-likeness (QED) is 0.113. The Labute approximate surface area is 190 Å². The SMILES string of the molecule is CSCCC(N)C(=O)NC(C(=O)NC(CS)C(=O)NC(CCC(N)=O)C(=O)O)C(C)O. The van der Waals surface area contributed by atoms with Gasteiger partial charge in [0.05, 0.1) is 12.1 Å². The number of aliphatic carboxylic acids is 1. The van der Waals surface area contributed by atoms with E-state index in [1.165, 1.54) is 18.7 Å². The zero-order chi connectivity index (χ0) is 24.1. The van der Waals surface area contributed by atoms with Crippen molar-refractivity contribution in [2.24, 2.45) is 11.5 Å². The summed E-state index contributed by atoms with van der Waals surface area (Å²) in [5.41, 5.74) is 10.7. The molecule has 0 aliphatic carbocycles. The van der Waals surface area contributed by atoms with Crippen LogP contribution in [0.5, 0.6) is 0 Å². The van der Waals surface area contributed by atoms with Crippen LogP contribution >= 0.6 is 24.4 Å². The first-order chi connectivity index (χ1) is 14.4. The lowest BCUT2D eigenvalue weighted by molar-refractivity contribution is -0.142. The van der Waals surface area contributed by atoms with E-state index < -0.39 is 59.9 Å². The summed E-state index contributed by atoms with van der Waals surface area (Å²) < 4.78 is 0. The van der Waals surface area contributed by atoms with E-state index in [-0.39, 0.29) is 18.6 Å². The molecule has 31 heavy (non-hydrogen) atoms. The van der Waals surface area contributed by atoms with Crippen LogP contribution in [0, 0.1) is 0 Å². The van der Waals surface area contributed by atoms with Crippen LogP contribution in [0.2, 0.25) is 0 Å². The van der Waals surface area contributed by atoms with E-state index in [1.807, 2.05) is 6.26 Å². The summed E-state index contributed by atoms with van der Waals surface area (Å²) in [5, 5.41) is 25.9. The van der Waals surface area contributed by atoms with Gasteiger partial charge in [0.15, 0.2) is 0 Å². The molecule has 0 saturated carbocycles. The second-order valence-corrected chi connectivity index (χ2v) is 8.11. The maximum atomic E-state index is 12.5. The van der Waals surface area contributed by atoms with Crippen molar-refractivity contribution in [1.29, 1.82) is 0 Å². The molecule has 0 aromatic rings. The molecule has 0 spiro atoms. The number of thiol groups is 1. The number of carboxylic acids is 1. The molecule has 9 N–H and O–H groups in total. The van der Waals surface area contributed by atoms with Gasteiger partial charge in [0.2, 0.25) is 23.6 Å². The molecular formula is C17H31N5O7S2.